The number of para-hydroxylation sites is 1. The Labute approximate surface area is 174 Å². The van der Waals surface area contributed by atoms with E-state index in [9.17, 15) is 9.59 Å². The summed E-state index contributed by atoms with van der Waals surface area (Å²) in [7, 11) is 0. The number of amides is 2. The SMILES string of the molecule is CCc1ccc(N2C[C@@H](C(=O)N(c3ccccc3)c3nc(C)cs3)CC2=O)cc1. The molecule has 1 fully saturated rings. The number of benzene rings is 2. The molecule has 1 aliphatic heterocycles. The van der Waals surface area contributed by atoms with Crippen molar-refractivity contribution in [2.75, 3.05) is 16.3 Å². The largest absolute Gasteiger partial charge is 0.312 e. The summed E-state index contributed by atoms with van der Waals surface area (Å²) in [6.07, 6.45) is 1.16. The van der Waals surface area contributed by atoms with Crippen LogP contribution in [0.2, 0.25) is 0 Å². The van der Waals surface area contributed by atoms with E-state index in [0.717, 1.165) is 23.5 Å². The highest BCUT2D eigenvalue weighted by Crippen LogP contribution is 2.33. The lowest BCUT2D eigenvalue weighted by molar-refractivity contribution is -0.123. The van der Waals surface area contributed by atoms with E-state index < -0.39 is 5.92 Å². The van der Waals surface area contributed by atoms with Crippen LogP contribution in [0, 0.1) is 12.8 Å². The van der Waals surface area contributed by atoms with Crippen LogP contribution < -0.4 is 9.80 Å². The van der Waals surface area contributed by atoms with Gasteiger partial charge in [-0.15, -0.1) is 11.3 Å². The maximum absolute atomic E-state index is 13.5. The van der Waals surface area contributed by atoms with E-state index >= 15 is 0 Å². The van der Waals surface area contributed by atoms with Crippen molar-refractivity contribution < 1.29 is 9.59 Å². The van der Waals surface area contributed by atoms with Gasteiger partial charge < -0.3 is 4.90 Å². The molecule has 0 radical (unpaired) electrons. The van der Waals surface area contributed by atoms with Crippen LogP contribution in [0.5, 0.6) is 0 Å². The van der Waals surface area contributed by atoms with Gasteiger partial charge in [-0.3, -0.25) is 14.5 Å². The number of hydrogen-bond donors (Lipinski definition) is 0. The summed E-state index contributed by atoms with van der Waals surface area (Å²) in [5, 5.41) is 2.57. The molecule has 0 N–H and O–H groups in total. The van der Waals surface area contributed by atoms with Crippen molar-refractivity contribution >= 4 is 39.7 Å². The van der Waals surface area contributed by atoms with Gasteiger partial charge in [-0.25, -0.2) is 4.98 Å². The number of hydrogen-bond acceptors (Lipinski definition) is 4. The summed E-state index contributed by atoms with van der Waals surface area (Å²) in [6, 6.07) is 17.5. The van der Waals surface area contributed by atoms with Crippen LogP contribution >= 0.6 is 11.3 Å². The van der Waals surface area contributed by atoms with Gasteiger partial charge in [0, 0.05) is 24.0 Å². The number of nitrogens with zero attached hydrogens (tertiary/aromatic N) is 3. The second-order valence-electron chi connectivity index (χ2n) is 7.21. The molecule has 29 heavy (non-hydrogen) atoms. The fourth-order valence-electron chi connectivity index (χ4n) is 3.57. The van der Waals surface area contributed by atoms with Gasteiger partial charge in [-0.05, 0) is 43.2 Å². The van der Waals surface area contributed by atoms with Crippen LogP contribution in [0.15, 0.2) is 60.0 Å². The fraction of sp³-hybridized carbons (Fsp3) is 0.261. The molecule has 0 bridgehead atoms. The zero-order valence-electron chi connectivity index (χ0n) is 16.5. The van der Waals surface area contributed by atoms with Crippen molar-refractivity contribution in [2.45, 2.75) is 26.7 Å². The van der Waals surface area contributed by atoms with Crippen molar-refractivity contribution in [3.05, 3.63) is 71.2 Å². The summed E-state index contributed by atoms with van der Waals surface area (Å²) >= 11 is 1.44. The van der Waals surface area contributed by atoms with Crippen LogP contribution in [0.1, 0.15) is 24.6 Å². The molecular weight excluding hydrogens is 382 g/mol. The Kier molecular flexibility index (Phi) is 5.45. The quantitative estimate of drug-likeness (QED) is 0.617. The molecule has 2 amide bonds. The summed E-state index contributed by atoms with van der Waals surface area (Å²) in [5.74, 6) is -0.514. The second-order valence-corrected chi connectivity index (χ2v) is 8.04. The number of anilines is 3. The van der Waals surface area contributed by atoms with E-state index in [1.165, 1.54) is 16.9 Å². The normalized spacial score (nSPS) is 16.3. The molecule has 148 valence electrons. The third-order valence-electron chi connectivity index (χ3n) is 5.16. The van der Waals surface area contributed by atoms with Crippen LogP contribution in [0.25, 0.3) is 0 Å². The van der Waals surface area contributed by atoms with Gasteiger partial charge >= 0.3 is 0 Å². The Hall–Kier alpha value is -2.99. The molecule has 1 saturated heterocycles. The Morgan fingerprint density at radius 3 is 2.52 bits per heavy atom. The van der Waals surface area contributed by atoms with E-state index in [1.807, 2.05) is 66.9 Å². The summed E-state index contributed by atoms with van der Waals surface area (Å²) < 4.78 is 0. The molecule has 2 heterocycles. The third kappa shape index (κ3) is 3.93. The average Bonchev–Trinajstić information content (AvgIpc) is 3.35. The molecule has 3 aromatic rings. The maximum atomic E-state index is 13.5. The zero-order valence-corrected chi connectivity index (χ0v) is 17.4. The highest BCUT2D eigenvalue weighted by molar-refractivity contribution is 7.14. The summed E-state index contributed by atoms with van der Waals surface area (Å²) in [6.45, 7) is 4.40. The summed E-state index contributed by atoms with van der Waals surface area (Å²) in [5.41, 5.74) is 3.71. The average molecular weight is 406 g/mol. The molecule has 4 rings (SSSR count). The standard InChI is InChI=1S/C23H23N3O2S/c1-3-17-9-11-19(12-10-17)25-14-18(13-21(25)27)22(28)26(20-7-5-4-6-8-20)23-24-16(2)15-29-23/h4-12,15,18H,3,13-14H2,1-2H3/t18-/m0/s1. The van der Waals surface area contributed by atoms with Gasteiger partial charge in [-0.2, -0.15) is 0 Å². The molecule has 1 atom stereocenters. The maximum Gasteiger partial charge on any atom is 0.238 e. The van der Waals surface area contributed by atoms with Gasteiger partial charge in [0.05, 0.1) is 17.3 Å². The zero-order chi connectivity index (χ0) is 20.4. The Morgan fingerprint density at radius 2 is 1.90 bits per heavy atom. The minimum absolute atomic E-state index is 0.0177. The smallest absolute Gasteiger partial charge is 0.238 e. The number of carbonyl (C=O) groups excluding carboxylic acids is 2. The minimum atomic E-state index is -0.405. The molecule has 0 unspecified atom stereocenters. The predicted octanol–water partition coefficient (Wildman–Crippen LogP) is 4.73. The number of carbonyl (C=O) groups is 2. The first kappa shape index (κ1) is 19.3. The molecule has 1 aliphatic rings. The number of thiazole rings is 1. The first-order valence-corrected chi connectivity index (χ1v) is 10.6. The Bertz CT molecular complexity index is 1010. The molecule has 0 aliphatic carbocycles. The minimum Gasteiger partial charge on any atom is -0.312 e. The van der Waals surface area contributed by atoms with Crippen molar-refractivity contribution in [3.8, 4) is 0 Å². The molecule has 0 spiro atoms. The van der Waals surface area contributed by atoms with Gasteiger partial charge in [0.1, 0.15) is 0 Å². The van der Waals surface area contributed by atoms with E-state index in [4.69, 9.17) is 0 Å². The highest BCUT2D eigenvalue weighted by atomic mass is 32.1. The van der Waals surface area contributed by atoms with Crippen molar-refractivity contribution in [3.63, 3.8) is 0 Å². The van der Waals surface area contributed by atoms with E-state index in [2.05, 4.69) is 11.9 Å². The molecular formula is C23H23N3O2S. The molecule has 0 saturated carbocycles. The van der Waals surface area contributed by atoms with E-state index in [-0.39, 0.29) is 18.2 Å². The summed E-state index contributed by atoms with van der Waals surface area (Å²) in [4.78, 5) is 34.1. The molecule has 2 aromatic carbocycles. The monoisotopic (exact) mass is 405 g/mol. The Morgan fingerprint density at radius 1 is 1.17 bits per heavy atom. The number of aryl methyl sites for hydroxylation is 2. The van der Waals surface area contributed by atoms with Crippen molar-refractivity contribution in [2.24, 2.45) is 5.92 Å². The molecule has 1 aromatic heterocycles. The van der Waals surface area contributed by atoms with Gasteiger partial charge in [0.15, 0.2) is 5.13 Å². The third-order valence-corrected chi connectivity index (χ3v) is 6.11. The van der Waals surface area contributed by atoms with Crippen LogP contribution in [-0.4, -0.2) is 23.3 Å². The first-order chi connectivity index (χ1) is 14.1. The van der Waals surface area contributed by atoms with Gasteiger partial charge in [-0.1, -0.05) is 37.3 Å². The Balaban J connectivity index is 1.60. The lowest BCUT2D eigenvalue weighted by Gasteiger charge is -2.23. The molecule has 6 heteroatoms. The molecule has 5 nitrogen and oxygen atoms in total. The van der Waals surface area contributed by atoms with Crippen molar-refractivity contribution in [1.82, 2.24) is 4.98 Å². The van der Waals surface area contributed by atoms with E-state index in [0.29, 0.717) is 11.7 Å². The van der Waals surface area contributed by atoms with E-state index in [1.54, 1.807) is 9.80 Å². The predicted molar refractivity (Wildman–Crippen MR) is 117 cm³/mol. The van der Waals surface area contributed by atoms with Gasteiger partial charge in [0.25, 0.3) is 0 Å². The van der Waals surface area contributed by atoms with Crippen LogP contribution in [0.3, 0.4) is 0 Å². The number of rotatable bonds is 5. The topological polar surface area (TPSA) is 53.5 Å². The van der Waals surface area contributed by atoms with Crippen molar-refractivity contribution in [1.29, 1.82) is 0 Å². The number of aromatic nitrogens is 1. The highest BCUT2D eigenvalue weighted by Gasteiger charge is 2.38. The first-order valence-electron chi connectivity index (χ1n) is 9.77. The van der Waals surface area contributed by atoms with Crippen LogP contribution in [0.4, 0.5) is 16.5 Å². The fourth-order valence-corrected chi connectivity index (χ4v) is 4.40. The lowest BCUT2D eigenvalue weighted by Crippen LogP contribution is -2.34. The second kappa shape index (κ2) is 8.17. The lowest BCUT2D eigenvalue weighted by atomic mass is 10.1. The van der Waals surface area contributed by atoms with Crippen LogP contribution in [-0.2, 0) is 16.0 Å². The van der Waals surface area contributed by atoms with Gasteiger partial charge in [0.2, 0.25) is 11.8 Å².